The molecule has 0 saturated heterocycles. The first-order chi connectivity index (χ1) is 8.65. The molecule has 0 fully saturated rings. The Morgan fingerprint density at radius 2 is 1.74 bits per heavy atom. The van der Waals surface area contributed by atoms with E-state index in [4.69, 9.17) is 0 Å². The first kappa shape index (κ1) is 13.8. The molecule has 19 heavy (non-hydrogen) atoms. The van der Waals surface area contributed by atoms with Gasteiger partial charge >= 0.3 is 0 Å². The van der Waals surface area contributed by atoms with Crippen molar-refractivity contribution in [1.29, 1.82) is 0 Å². The molecule has 0 atom stereocenters. The molecule has 0 aliphatic rings. The van der Waals surface area contributed by atoms with Gasteiger partial charge in [0, 0.05) is 17.5 Å². The highest BCUT2D eigenvalue weighted by Gasteiger charge is 2.06. The van der Waals surface area contributed by atoms with E-state index in [1.807, 2.05) is 12.1 Å². The average molecular weight is 316 g/mol. The van der Waals surface area contributed by atoms with E-state index in [1.165, 1.54) is 22.4 Å². The van der Waals surface area contributed by atoms with Crippen LogP contribution < -0.4 is 17.0 Å². The first-order valence-electron chi connectivity index (χ1n) is 6.17. The molecule has 0 amide bonds. The molecule has 0 spiro atoms. The number of fused-ring (bicyclic) bond motifs is 1. The number of aromatic nitrogens is 2. The number of nitrogens with zero attached hydrogens (tertiary/aromatic N) is 2. The van der Waals surface area contributed by atoms with Crippen LogP contribution >= 0.6 is 0 Å². The number of benzene rings is 1. The van der Waals surface area contributed by atoms with E-state index in [9.17, 15) is 0 Å². The van der Waals surface area contributed by atoms with Gasteiger partial charge in [-0.05, 0) is 50.1 Å². The SMILES string of the molecule is Cc1ccc(-c2cn3c(C)cccc3n2)cc1C.[Br-]. The lowest BCUT2D eigenvalue weighted by molar-refractivity contribution is -0.00000391. The summed E-state index contributed by atoms with van der Waals surface area (Å²) in [6.45, 7) is 6.37. The van der Waals surface area contributed by atoms with Crippen molar-refractivity contribution in [3.05, 3.63) is 59.4 Å². The van der Waals surface area contributed by atoms with Crippen LogP contribution in [0, 0.1) is 20.8 Å². The fourth-order valence-corrected chi connectivity index (χ4v) is 2.19. The molecule has 0 aliphatic heterocycles. The van der Waals surface area contributed by atoms with Crippen molar-refractivity contribution in [2.75, 3.05) is 0 Å². The van der Waals surface area contributed by atoms with Crippen molar-refractivity contribution in [1.82, 2.24) is 9.38 Å². The van der Waals surface area contributed by atoms with Crippen LogP contribution in [0.5, 0.6) is 0 Å². The van der Waals surface area contributed by atoms with Gasteiger partial charge in [-0.15, -0.1) is 0 Å². The molecule has 3 rings (SSSR count). The van der Waals surface area contributed by atoms with Gasteiger partial charge in [-0.1, -0.05) is 18.2 Å². The highest BCUT2D eigenvalue weighted by molar-refractivity contribution is 5.64. The minimum absolute atomic E-state index is 0. The Kier molecular flexibility index (Phi) is 3.76. The molecule has 3 heteroatoms. The van der Waals surface area contributed by atoms with Crippen molar-refractivity contribution < 1.29 is 17.0 Å². The molecular weight excluding hydrogens is 300 g/mol. The van der Waals surface area contributed by atoms with E-state index in [1.54, 1.807) is 0 Å². The van der Waals surface area contributed by atoms with Gasteiger partial charge in [0.05, 0.1) is 5.69 Å². The highest BCUT2D eigenvalue weighted by atomic mass is 79.9. The molecular formula is C16H16BrN2-. The monoisotopic (exact) mass is 315 g/mol. The summed E-state index contributed by atoms with van der Waals surface area (Å²) in [6.07, 6.45) is 2.11. The minimum Gasteiger partial charge on any atom is -1.00 e. The first-order valence-corrected chi connectivity index (χ1v) is 6.17. The molecule has 0 N–H and O–H groups in total. The maximum atomic E-state index is 4.68. The van der Waals surface area contributed by atoms with Crippen LogP contribution in [-0.4, -0.2) is 9.38 Å². The van der Waals surface area contributed by atoms with Crippen molar-refractivity contribution >= 4 is 5.65 Å². The Morgan fingerprint density at radius 1 is 0.947 bits per heavy atom. The van der Waals surface area contributed by atoms with Crippen LogP contribution in [0.3, 0.4) is 0 Å². The lowest BCUT2D eigenvalue weighted by atomic mass is 10.1. The van der Waals surface area contributed by atoms with Gasteiger partial charge in [-0.3, -0.25) is 0 Å². The molecule has 0 unspecified atom stereocenters. The van der Waals surface area contributed by atoms with E-state index >= 15 is 0 Å². The van der Waals surface area contributed by atoms with Gasteiger partial charge in [0.2, 0.25) is 0 Å². The second kappa shape index (κ2) is 5.17. The number of pyridine rings is 1. The summed E-state index contributed by atoms with van der Waals surface area (Å²) in [7, 11) is 0. The third kappa shape index (κ3) is 2.43. The number of aryl methyl sites for hydroxylation is 3. The zero-order valence-electron chi connectivity index (χ0n) is 11.3. The van der Waals surface area contributed by atoms with Crippen LogP contribution in [0.2, 0.25) is 0 Å². The maximum Gasteiger partial charge on any atom is 0.137 e. The molecule has 1 aromatic carbocycles. The number of rotatable bonds is 1. The van der Waals surface area contributed by atoms with Crippen LogP contribution in [0.25, 0.3) is 16.9 Å². The Balaban J connectivity index is 0.00000133. The van der Waals surface area contributed by atoms with Gasteiger partial charge < -0.3 is 21.4 Å². The zero-order chi connectivity index (χ0) is 12.7. The van der Waals surface area contributed by atoms with Gasteiger partial charge in [0.25, 0.3) is 0 Å². The fraction of sp³-hybridized carbons (Fsp3) is 0.188. The van der Waals surface area contributed by atoms with E-state index < -0.39 is 0 Å². The third-order valence-electron chi connectivity index (χ3n) is 3.50. The van der Waals surface area contributed by atoms with Gasteiger partial charge in [0.15, 0.2) is 0 Å². The number of hydrogen-bond donors (Lipinski definition) is 0. The molecule has 0 aliphatic carbocycles. The number of halogens is 1. The molecule has 98 valence electrons. The van der Waals surface area contributed by atoms with E-state index in [0.717, 1.165) is 11.3 Å². The summed E-state index contributed by atoms with van der Waals surface area (Å²) in [5.74, 6) is 0. The Labute approximate surface area is 123 Å². The number of hydrogen-bond acceptors (Lipinski definition) is 1. The minimum atomic E-state index is 0. The van der Waals surface area contributed by atoms with Crippen molar-refractivity contribution in [2.45, 2.75) is 20.8 Å². The molecule has 0 saturated carbocycles. The number of imidazole rings is 1. The summed E-state index contributed by atoms with van der Waals surface area (Å²) in [5.41, 5.74) is 7.05. The average Bonchev–Trinajstić information content (AvgIpc) is 2.78. The van der Waals surface area contributed by atoms with Gasteiger partial charge in [-0.25, -0.2) is 4.98 Å². The summed E-state index contributed by atoms with van der Waals surface area (Å²) >= 11 is 0. The summed E-state index contributed by atoms with van der Waals surface area (Å²) in [4.78, 5) is 4.68. The van der Waals surface area contributed by atoms with Crippen LogP contribution in [0.4, 0.5) is 0 Å². The lowest BCUT2D eigenvalue weighted by Gasteiger charge is -2.01. The van der Waals surface area contributed by atoms with Crippen LogP contribution in [0.1, 0.15) is 16.8 Å². The van der Waals surface area contributed by atoms with Gasteiger partial charge in [-0.2, -0.15) is 0 Å². The quantitative estimate of drug-likeness (QED) is 0.653. The summed E-state index contributed by atoms with van der Waals surface area (Å²) in [5, 5.41) is 0. The standard InChI is InChI=1S/C16H16N2.BrH/c1-11-7-8-14(9-12(11)2)15-10-18-13(3)5-4-6-16(18)17-15;/h4-10H,1-3H3;1H/p-1. The van der Waals surface area contributed by atoms with Gasteiger partial charge in [0.1, 0.15) is 5.65 Å². The highest BCUT2D eigenvalue weighted by Crippen LogP contribution is 2.22. The van der Waals surface area contributed by atoms with E-state index in [0.29, 0.717) is 0 Å². The van der Waals surface area contributed by atoms with Crippen molar-refractivity contribution in [2.24, 2.45) is 0 Å². The fourth-order valence-electron chi connectivity index (χ4n) is 2.19. The van der Waals surface area contributed by atoms with Crippen molar-refractivity contribution in [3.8, 4) is 11.3 Å². The summed E-state index contributed by atoms with van der Waals surface area (Å²) in [6, 6.07) is 12.7. The van der Waals surface area contributed by atoms with Crippen molar-refractivity contribution in [3.63, 3.8) is 0 Å². The molecule has 2 heterocycles. The van der Waals surface area contributed by atoms with Crippen LogP contribution in [0.15, 0.2) is 42.6 Å². The molecule has 3 aromatic rings. The van der Waals surface area contributed by atoms with E-state index in [2.05, 4.69) is 60.6 Å². The second-order valence-corrected chi connectivity index (χ2v) is 4.82. The predicted octanol–water partition coefficient (Wildman–Crippen LogP) is 0.931. The normalized spacial score (nSPS) is 10.5. The Hall–Kier alpha value is -1.61. The topological polar surface area (TPSA) is 17.3 Å². The molecule has 2 aromatic heterocycles. The lowest BCUT2D eigenvalue weighted by Crippen LogP contribution is -3.00. The third-order valence-corrected chi connectivity index (χ3v) is 3.50. The largest absolute Gasteiger partial charge is 1.00 e. The predicted molar refractivity (Wildman–Crippen MR) is 74.8 cm³/mol. The second-order valence-electron chi connectivity index (χ2n) is 4.82. The molecule has 0 radical (unpaired) electrons. The van der Waals surface area contributed by atoms with E-state index in [-0.39, 0.29) is 17.0 Å². The van der Waals surface area contributed by atoms with Crippen LogP contribution in [-0.2, 0) is 0 Å². The summed E-state index contributed by atoms with van der Waals surface area (Å²) < 4.78 is 2.13. The molecule has 2 nitrogen and oxygen atoms in total. The Bertz CT molecular complexity index is 729. The molecule has 0 bridgehead atoms. The maximum absolute atomic E-state index is 4.68. The zero-order valence-corrected chi connectivity index (χ0v) is 12.9. The Morgan fingerprint density at radius 3 is 2.42 bits per heavy atom. The smallest absolute Gasteiger partial charge is 0.137 e.